The molecule has 5 nitrogen and oxygen atoms in total. The van der Waals surface area contributed by atoms with E-state index in [1.807, 2.05) is 6.20 Å². The van der Waals surface area contributed by atoms with Crippen LogP contribution in [0, 0.1) is 11.6 Å². The number of amides is 1. The van der Waals surface area contributed by atoms with Gasteiger partial charge >= 0.3 is 0 Å². The van der Waals surface area contributed by atoms with Gasteiger partial charge in [-0.25, -0.2) is 8.78 Å². The molecule has 2 heterocycles. The van der Waals surface area contributed by atoms with Crippen LogP contribution in [0.4, 0.5) is 8.78 Å². The second kappa shape index (κ2) is 12.3. The number of fused-ring (bicyclic) bond motifs is 2. The SMILES string of the molecule is CCCCNC(=O)c1ccc(F)c2c1CC(N(CCCc1c[nH]c3ccc(F)cc13)C1CCC1)CO2.Cl. The Labute approximate surface area is 223 Å². The van der Waals surface area contributed by atoms with Gasteiger partial charge in [0, 0.05) is 46.9 Å². The summed E-state index contributed by atoms with van der Waals surface area (Å²) in [6, 6.07) is 8.35. The highest BCUT2D eigenvalue weighted by atomic mass is 35.5. The summed E-state index contributed by atoms with van der Waals surface area (Å²) in [6.45, 7) is 3.98. The Balaban J connectivity index is 0.00000320. The molecule has 1 aliphatic heterocycles. The van der Waals surface area contributed by atoms with E-state index in [4.69, 9.17) is 4.74 Å². The molecule has 37 heavy (non-hydrogen) atoms. The Morgan fingerprint density at radius 2 is 2.00 bits per heavy atom. The monoisotopic (exact) mass is 531 g/mol. The zero-order valence-corrected chi connectivity index (χ0v) is 22.1. The summed E-state index contributed by atoms with van der Waals surface area (Å²) in [5.41, 5.74) is 3.26. The molecule has 2 aromatic carbocycles. The van der Waals surface area contributed by atoms with Crippen LogP contribution in [0.25, 0.3) is 10.9 Å². The van der Waals surface area contributed by atoms with Crippen LogP contribution in [-0.4, -0.2) is 47.6 Å². The van der Waals surface area contributed by atoms with Gasteiger partial charge in [-0.05, 0) is 81.0 Å². The molecule has 1 atom stereocenters. The summed E-state index contributed by atoms with van der Waals surface area (Å²) in [7, 11) is 0. The van der Waals surface area contributed by atoms with Gasteiger partial charge in [-0.3, -0.25) is 9.69 Å². The van der Waals surface area contributed by atoms with Gasteiger partial charge in [0.2, 0.25) is 0 Å². The van der Waals surface area contributed by atoms with Gasteiger partial charge in [-0.2, -0.15) is 0 Å². The summed E-state index contributed by atoms with van der Waals surface area (Å²) in [4.78, 5) is 18.6. The second-order valence-electron chi connectivity index (χ2n) is 10.1. The molecule has 0 spiro atoms. The smallest absolute Gasteiger partial charge is 0.251 e. The van der Waals surface area contributed by atoms with Crippen molar-refractivity contribution in [2.24, 2.45) is 0 Å². The van der Waals surface area contributed by atoms with Crippen molar-refractivity contribution >= 4 is 29.2 Å². The van der Waals surface area contributed by atoms with E-state index in [0.717, 1.165) is 61.5 Å². The first-order valence-corrected chi connectivity index (χ1v) is 13.3. The summed E-state index contributed by atoms with van der Waals surface area (Å²) >= 11 is 0. The molecule has 0 bridgehead atoms. The number of carbonyl (C=O) groups is 1. The van der Waals surface area contributed by atoms with Gasteiger partial charge < -0.3 is 15.0 Å². The molecule has 0 saturated heterocycles. The Morgan fingerprint density at radius 3 is 2.76 bits per heavy atom. The van der Waals surface area contributed by atoms with Crippen molar-refractivity contribution in [3.05, 3.63) is 64.9 Å². The van der Waals surface area contributed by atoms with Crippen LogP contribution in [-0.2, 0) is 12.8 Å². The number of nitrogens with zero attached hydrogens (tertiary/aromatic N) is 1. The molecular formula is C29H36ClF2N3O2. The minimum absolute atomic E-state index is 0. The molecule has 0 radical (unpaired) electrons. The quantitative estimate of drug-likeness (QED) is 0.307. The van der Waals surface area contributed by atoms with Gasteiger partial charge in [-0.1, -0.05) is 19.8 Å². The van der Waals surface area contributed by atoms with Crippen molar-refractivity contribution in [3.8, 4) is 5.75 Å². The van der Waals surface area contributed by atoms with Crippen molar-refractivity contribution in [2.45, 2.75) is 70.4 Å². The molecular weight excluding hydrogens is 496 g/mol. The van der Waals surface area contributed by atoms with E-state index in [2.05, 4.69) is 22.1 Å². The van der Waals surface area contributed by atoms with E-state index in [1.54, 1.807) is 18.2 Å². The standard InChI is InChI=1S/C29H35F2N3O2.ClH/c1-2-3-13-32-29(35)23-10-11-26(31)28-25(23)16-22(18-36-28)34(21-7-4-8-21)14-5-6-19-17-33-27-12-9-20(30)15-24(19)27;/h9-12,15,17,21-22,33H,2-8,13-14,16,18H2,1H3,(H,32,35);1H. The lowest BCUT2D eigenvalue weighted by Gasteiger charge is -2.44. The first-order valence-electron chi connectivity index (χ1n) is 13.3. The molecule has 1 aromatic heterocycles. The Hall–Kier alpha value is -2.64. The summed E-state index contributed by atoms with van der Waals surface area (Å²) in [5, 5.41) is 3.91. The van der Waals surface area contributed by atoms with Gasteiger partial charge in [0.1, 0.15) is 12.4 Å². The summed E-state index contributed by atoms with van der Waals surface area (Å²) < 4.78 is 34.3. The zero-order chi connectivity index (χ0) is 25.1. The van der Waals surface area contributed by atoms with E-state index in [1.165, 1.54) is 18.6 Å². The second-order valence-corrected chi connectivity index (χ2v) is 10.1. The number of hydrogen-bond donors (Lipinski definition) is 2. The third-order valence-corrected chi connectivity index (χ3v) is 7.74. The number of rotatable bonds is 10. The zero-order valence-electron chi connectivity index (χ0n) is 21.3. The van der Waals surface area contributed by atoms with Crippen LogP contribution in [0.3, 0.4) is 0 Å². The van der Waals surface area contributed by atoms with E-state index in [0.29, 0.717) is 36.7 Å². The minimum Gasteiger partial charge on any atom is -0.489 e. The minimum atomic E-state index is -0.407. The van der Waals surface area contributed by atoms with Gasteiger partial charge in [-0.15, -0.1) is 12.4 Å². The van der Waals surface area contributed by atoms with Crippen molar-refractivity contribution < 1.29 is 18.3 Å². The highest BCUT2D eigenvalue weighted by Gasteiger charge is 2.35. The van der Waals surface area contributed by atoms with Gasteiger partial charge in [0.25, 0.3) is 5.91 Å². The average Bonchev–Trinajstić information content (AvgIpc) is 3.24. The van der Waals surface area contributed by atoms with Crippen LogP contribution in [0.1, 0.15) is 66.9 Å². The number of carbonyl (C=O) groups excluding carboxylic acids is 1. The molecule has 3 aromatic rings. The van der Waals surface area contributed by atoms with E-state index < -0.39 is 5.82 Å². The topological polar surface area (TPSA) is 57.4 Å². The number of nitrogens with one attached hydrogen (secondary N) is 2. The molecule has 2 N–H and O–H groups in total. The lowest BCUT2D eigenvalue weighted by Crippen LogP contribution is -2.51. The number of H-pyrrole nitrogens is 1. The molecule has 1 amide bonds. The summed E-state index contributed by atoms with van der Waals surface area (Å²) in [5.74, 6) is -0.566. The largest absolute Gasteiger partial charge is 0.489 e. The molecule has 1 saturated carbocycles. The molecule has 1 aliphatic carbocycles. The maximum Gasteiger partial charge on any atom is 0.251 e. The Kier molecular flexibility index (Phi) is 9.08. The number of hydrogen-bond acceptors (Lipinski definition) is 3. The van der Waals surface area contributed by atoms with Crippen molar-refractivity contribution in [1.82, 2.24) is 15.2 Å². The first kappa shape index (κ1) is 27.4. The molecule has 8 heteroatoms. The first-order chi connectivity index (χ1) is 17.5. The Morgan fingerprint density at radius 1 is 1.16 bits per heavy atom. The van der Waals surface area contributed by atoms with Crippen LogP contribution >= 0.6 is 12.4 Å². The van der Waals surface area contributed by atoms with Crippen LogP contribution in [0.2, 0.25) is 0 Å². The third-order valence-electron chi connectivity index (χ3n) is 7.74. The Bertz CT molecular complexity index is 1230. The lowest BCUT2D eigenvalue weighted by atomic mass is 9.87. The maximum atomic E-state index is 14.6. The third kappa shape index (κ3) is 5.93. The fourth-order valence-corrected chi connectivity index (χ4v) is 5.52. The number of benzene rings is 2. The highest BCUT2D eigenvalue weighted by molar-refractivity contribution is 5.96. The lowest BCUT2D eigenvalue weighted by molar-refractivity contribution is 0.0421. The fourth-order valence-electron chi connectivity index (χ4n) is 5.52. The fraction of sp³-hybridized carbons (Fsp3) is 0.483. The normalized spacial score (nSPS) is 17.1. The summed E-state index contributed by atoms with van der Waals surface area (Å²) in [6.07, 6.45) is 9.76. The number of unbranched alkanes of at least 4 members (excludes halogenated alkanes) is 1. The number of halogens is 3. The number of aromatic nitrogens is 1. The van der Waals surface area contributed by atoms with E-state index in [9.17, 15) is 13.6 Å². The highest BCUT2D eigenvalue weighted by Crippen LogP contribution is 2.35. The molecule has 5 rings (SSSR count). The van der Waals surface area contributed by atoms with E-state index >= 15 is 0 Å². The predicted molar refractivity (Wildman–Crippen MR) is 145 cm³/mol. The van der Waals surface area contributed by atoms with Crippen molar-refractivity contribution in [3.63, 3.8) is 0 Å². The van der Waals surface area contributed by atoms with E-state index in [-0.39, 0.29) is 35.9 Å². The van der Waals surface area contributed by atoms with Crippen LogP contribution in [0.15, 0.2) is 36.5 Å². The van der Waals surface area contributed by atoms with Crippen LogP contribution < -0.4 is 10.1 Å². The molecule has 200 valence electrons. The molecule has 1 unspecified atom stereocenters. The molecule has 2 aliphatic rings. The number of ether oxygens (including phenoxy) is 1. The number of aromatic amines is 1. The van der Waals surface area contributed by atoms with Gasteiger partial charge in [0.15, 0.2) is 11.6 Å². The number of aryl methyl sites for hydroxylation is 1. The van der Waals surface area contributed by atoms with Crippen molar-refractivity contribution in [1.29, 1.82) is 0 Å². The predicted octanol–water partition coefficient (Wildman–Crippen LogP) is 6.19. The maximum absolute atomic E-state index is 14.6. The van der Waals surface area contributed by atoms with Gasteiger partial charge in [0.05, 0.1) is 0 Å². The van der Waals surface area contributed by atoms with Crippen LogP contribution in [0.5, 0.6) is 5.75 Å². The molecule has 1 fully saturated rings. The van der Waals surface area contributed by atoms with Crippen molar-refractivity contribution in [2.75, 3.05) is 19.7 Å². The average molecular weight is 532 g/mol.